The number of anilines is 2. The van der Waals surface area contributed by atoms with Crippen molar-refractivity contribution >= 4 is 28.9 Å². The number of aryl methyl sites for hydroxylation is 1. The fraction of sp³-hybridized carbons (Fsp3) is 0.133. The van der Waals surface area contributed by atoms with Crippen molar-refractivity contribution in [1.29, 1.82) is 0 Å². The van der Waals surface area contributed by atoms with Gasteiger partial charge in [0.25, 0.3) is 0 Å². The summed E-state index contributed by atoms with van der Waals surface area (Å²) in [5, 5.41) is 6.44. The smallest absolute Gasteiger partial charge is 0.243 e. The van der Waals surface area contributed by atoms with E-state index in [4.69, 9.17) is 11.6 Å². The third-order valence-corrected chi connectivity index (χ3v) is 2.95. The Morgan fingerprint density at radius 1 is 1.16 bits per heavy atom. The van der Waals surface area contributed by atoms with Crippen LogP contribution in [0.1, 0.15) is 5.56 Å². The largest absolute Gasteiger partial charge is 0.375 e. The molecule has 1 amide bonds. The Kier molecular flexibility index (Phi) is 4.42. The third kappa shape index (κ3) is 4.00. The van der Waals surface area contributed by atoms with Gasteiger partial charge in [0, 0.05) is 5.69 Å². The van der Waals surface area contributed by atoms with E-state index in [2.05, 4.69) is 10.6 Å². The summed E-state index contributed by atoms with van der Waals surface area (Å²) in [6.07, 6.45) is 0. The van der Waals surface area contributed by atoms with Crippen molar-refractivity contribution in [2.24, 2.45) is 0 Å². The molecule has 0 aliphatic carbocycles. The maximum Gasteiger partial charge on any atom is 0.243 e. The molecule has 2 rings (SSSR count). The first-order valence-electron chi connectivity index (χ1n) is 6.00. The topological polar surface area (TPSA) is 41.1 Å². The summed E-state index contributed by atoms with van der Waals surface area (Å²) >= 11 is 6.05. The van der Waals surface area contributed by atoms with Gasteiger partial charge in [-0.15, -0.1) is 0 Å². The van der Waals surface area contributed by atoms with Gasteiger partial charge in [0.05, 0.1) is 17.3 Å². The first kappa shape index (κ1) is 13.4. The van der Waals surface area contributed by atoms with E-state index in [0.29, 0.717) is 5.02 Å². The lowest BCUT2D eigenvalue weighted by Gasteiger charge is -2.09. The van der Waals surface area contributed by atoms with Crippen molar-refractivity contribution in [3.63, 3.8) is 0 Å². The van der Waals surface area contributed by atoms with Crippen LogP contribution in [-0.4, -0.2) is 12.5 Å². The van der Waals surface area contributed by atoms with Crippen molar-refractivity contribution in [1.82, 2.24) is 0 Å². The Balaban J connectivity index is 1.92. The number of benzene rings is 2. The standard InChI is InChI=1S/C15H15ClN2O/c1-11-7-8-13(16)14(9-11)17-10-15(19)18-12-5-3-2-4-6-12/h2-9,17H,10H2,1H3,(H,18,19). The Bertz CT molecular complexity index is 570. The molecular weight excluding hydrogens is 260 g/mol. The van der Waals surface area contributed by atoms with Crippen molar-refractivity contribution in [2.45, 2.75) is 6.92 Å². The highest BCUT2D eigenvalue weighted by molar-refractivity contribution is 6.33. The van der Waals surface area contributed by atoms with E-state index in [1.54, 1.807) is 0 Å². The lowest BCUT2D eigenvalue weighted by Crippen LogP contribution is -2.21. The van der Waals surface area contributed by atoms with Gasteiger partial charge in [-0.3, -0.25) is 4.79 Å². The highest BCUT2D eigenvalue weighted by atomic mass is 35.5. The Morgan fingerprint density at radius 2 is 1.89 bits per heavy atom. The van der Waals surface area contributed by atoms with Crippen LogP contribution in [0.4, 0.5) is 11.4 Å². The maximum atomic E-state index is 11.8. The first-order chi connectivity index (χ1) is 9.15. The van der Waals surface area contributed by atoms with E-state index in [1.165, 1.54) is 0 Å². The van der Waals surface area contributed by atoms with E-state index in [1.807, 2.05) is 55.5 Å². The Hall–Kier alpha value is -2.00. The summed E-state index contributed by atoms with van der Waals surface area (Å²) < 4.78 is 0. The zero-order valence-corrected chi connectivity index (χ0v) is 11.4. The molecule has 3 nitrogen and oxygen atoms in total. The van der Waals surface area contributed by atoms with E-state index < -0.39 is 0 Å². The Labute approximate surface area is 117 Å². The molecule has 0 radical (unpaired) electrons. The van der Waals surface area contributed by atoms with Crippen LogP contribution in [0.15, 0.2) is 48.5 Å². The molecule has 0 aliphatic rings. The van der Waals surface area contributed by atoms with Crippen molar-refractivity contribution in [3.8, 4) is 0 Å². The molecule has 2 aromatic carbocycles. The summed E-state index contributed by atoms with van der Waals surface area (Å²) in [6.45, 7) is 2.16. The van der Waals surface area contributed by atoms with Gasteiger partial charge in [-0.1, -0.05) is 35.9 Å². The quantitative estimate of drug-likeness (QED) is 0.893. The lowest BCUT2D eigenvalue weighted by molar-refractivity contribution is -0.114. The van der Waals surface area contributed by atoms with Gasteiger partial charge in [-0.25, -0.2) is 0 Å². The second kappa shape index (κ2) is 6.25. The third-order valence-electron chi connectivity index (χ3n) is 2.62. The maximum absolute atomic E-state index is 11.8. The monoisotopic (exact) mass is 274 g/mol. The predicted molar refractivity (Wildman–Crippen MR) is 79.8 cm³/mol. The number of para-hydroxylation sites is 1. The van der Waals surface area contributed by atoms with E-state index in [9.17, 15) is 4.79 Å². The molecule has 0 bridgehead atoms. The highest BCUT2D eigenvalue weighted by Gasteiger charge is 2.04. The molecule has 0 saturated carbocycles. The zero-order valence-electron chi connectivity index (χ0n) is 10.6. The molecule has 4 heteroatoms. The minimum absolute atomic E-state index is 0.108. The van der Waals surface area contributed by atoms with Gasteiger partial charge in [0.1, 0.15) is 0 Å². The number of hydrogen-bond donors (Lipinski definition) is 2. The lowest BCUT2D eigenvalue weighted by atomic mass is 10.2. The van der Waals surface area contributed by atoms with Gasteiger partial charge in [0.15, 0.2) is 0 Å². The second-order valence-corrected chi connectivity index (χ2v) is 4.66. The van der Waals surface area contributed by atoms with Gasteiger partial charge in [0.2, 0.25) is 5.91 Å². The normalized spacial score (nSPS) is 10.0. The fourth-order valence-electron chi connectivity index (χ4n) is 1.68. The van der Waals surface area contributed by atoms with Crippen LogP contribution in [0.3, 0.4) is 0 Å². The minimum atomic E-state index is -0.108. The molecule has 0 unspecified atom stereocenters. The molecular formula is C15H15ClN2O. The molecule has 19 heavy (non-hydrogen) atoms. The van der Waals surface area contributed by atoms with Crippen LogP contribution < -0.4 is 10.6 Å². The van der Waals surface area contributed by atoms with Crippen LogP contribution in [0.2, 0.25) is 5.02 Å². The Morgan fingerprint density at radius 3 is 2.63 bits per heavy atom. The molecule has 2 N–H and O–H groups in total. The molecule has 0 spiro atoms. The zero-order chi connectivity index (χ0) is 13.7. The van der Waals surface area contributed by atoms with Crippen molar-refractivity contribution in [3.05, 3.63) is 59.1 Å². The van der Waals surface area contributed by atoms with E-state index >= 15 is 0 Å². The average molecular weight is 275 g/mol. The van der Waals surface area contributed by atoms with E-state index in [0.717, 1.165) is 16.9 Å². The molecule has 0 aliphatic heterocycles. The van der Waals surface area contributed by atoms with E-state index in [-0.39, 0.29) is 12.5 Å². The molecule has 0 heterocycles. The molecule has 98 valence electrons. The second-order valence-electron chi connectivity index (χ2n) is 4.25. The van der Waals surface area contributed by atoms with Crippen LogP contribution in [0.25, 0.3) is 0 Å². The number of nitrogens with one attached hydrogen (secondary N) is 2. The number of halogens is 1. The van der Waals surface area contributed by atoms with Gasteiger partial charge in [-0.2, -0.15) is 0 Å². The number of amides is 1. The molecule has 0 aromatic heterocycles. The predicted octanol–water partition coefficient (Wildman–Crippen LogP) is 3.70. The summed E-state index contributed by atoms with van der Waals surface area (Å²) in [7, 11) is 0. The number of carbonyl (C=O) groups is 1. The van der Waals surface area contributed by atoms with Crippen LogP contribution in [0, 0.1) is 6.92 Å². The number of hydrogen-bond acceptors (Lipinski definition) is 2. The van der Waals surface area contributed by atoms with Gasteiger partial charge >= 0.3 is 0 Å². The van der Waals surface area contributed by atoms with Crippen LogP contribution in [-0.2, 0) is 4.79 Å². The molecule has 0 atom stereocenters. The molecule has 0 saturated heterocycles. The fourth-order valence-corrected chi connectivity index (χ4v) is 1.86. The molecule has 2 aromatic rings. The number of carbonyl (C=O) groups excluding carboxylic acids is 1. The highest BCUT2D eigenvalue weighted by Crippen LogP contribution is 2.22. The summed E-state index contributed by atoms with van der Waals surface area (Å²) in [4.78, 5) is 11.8. The van der Waals surface area contributed by atoms with Crippen molar-refractivity contribution in [2.75, 3.05) is 17.2 Å². The SMILES string of the molecule is Cc1ccc(Cl)c(NCC(=O)Nc2ccccc2)c1. The van der Waals surface area contributed by atoms with Gasteiger partial charge in [-0.05, 0) is 36.8 Å². The summed E-state index contributed by atoms with van der Waals surface area (Å²) in [6, 6.07) is 15.0. The van der Waals surface area contributed by atoms with Crippen LogP contribution in [0.5, 0.6) is 0 Å². The first-order valence-corrected chi connectivity index (χ1v) is 6.38. The minimum Gasteiger partial charge on any atom is -0.375 e. The summed E-state index contributed by atoms with van der Waals surface area (Å²) in [5.74, 6) is -0.108. The van der Waals surface area contributed by atoms with Crippen LogP contribution >= 0.6 is 11.6 Å². The number of rotatable bonds is 4. The summed E-state index contributed by atoms with van der Waals surface area (Å²) in [5.41, 5.74) is 2.64. The van der Waals surface area contributed by atoms with Gasteiger partial charge < -0.3 is 10.6 Å². The molecule has 0 fully saturated rings. The average Bonchev–Trinajstić information content (AvgIpc) is 2.41. The van der Waals surface area contributed by atoms with Crippen molar-refractivity contribution < 1.29 is 4.79 Å².